The number of hydrogen-bond acceptors (Lipinski definition) is 4. The van der Waals surface area contributed by atoms with Crippen molar-refractivity contribution in [2.24, 2.45) is 5.10 Å². The van der Waals surface area contributed by atoms with Gasteiger partial charge >= 0.3 is 0 Å². The molecule has 6 heteroatoms. The van der Waals surface area contributed by atoms with Crippen molar-refractivity contribution < 1.29 is 0 Å². The molecule has 0 aliphatic carbocycles. The second kappa shape index (κ2) is 9.20. The number of benzene rings is 3. The zero-order valence-electron chi connectivity index (χ0n) is 18.9. The molecule has 0 N–H and O–H groups in total. The summed E-state index contributed by atoms with van der Waals surface area (Å²) in [5.74, 6) is 0. The zero-order chi connectivity index (χ0) is 23.6. The molecule has 1 aliphatic heterocycles. The highest BCUT2D eigenvalue weighted by atomic mass is 35.5. The summed E-state index contributed by atoms with van der Waals surface area (Å²) in [5.41, 5.74) is 7.10. The Labute approximate surface area is 209 Å². The molecule has 5 nitrogen and oxygen atoms in total. The third-order valence-corrected chi connectivity index (χ3v) is 6.42. The van der Waals surface area contributed by atoms with E-state index in [1.807, 2.05) is 77.6 Å². The minimum absolute atomic E-state index is 0.0317. The molecule has 3 heterocycles. The van der Waals surface area contributed by atoms with Gasteiger partial charge in [0.2, 0.25) is 0 Å². The molecule has 0 fully saturated rings. The molecule has 0 radical (unpaired) electrons. The van der Waals surface area contributed by atoms with Crippen LogP contribution in [0, 0.1) is 0 Å². The summed E-state index contributed by atoms with van der Waals surface area (Å²) in [7, 11) is 0. The Balaban J connectivity index is 1.49. The molecule has 3 aromatic carbocycles. The predicted octanol–water partition coefficient (Wildman–Crippen LogP) is 6.94. The highest BCUT2D eigenvalue weighted by Gasteiger charge is 2.33. The van der Waals surface area contributed by atoms with Gasteiger partial charge in [-0.05, 0) is 54.1 Å². The van der Waals surface area contributed by atoms with Crippen molar-refractivity contribution in [3.63, 3.8) is 0 Å². The van der Waals surface area contributed by atoms with Crippen LogP contribution in [-0.4, -0.2) is 20.5 Å². The van der Waals surface area contributed by atoms with E-state index in [2.05, 4.69) is 46.5 Å². The molecule has 35 heavy (non-hydrogen) atoms. The Morgan fingerprint density at radius 2 is 1.46 bits per heavy atom. The van der Waals surface area contributed by atoms with Gasteiger partial charge in [0.05, 0.1) is 28.8 Å². The topological polar surface area (TPSA) is 46.3 Å². The maximum atomic E-state index is 6.15. The predicted molar refractivity (Wildman–Crippen MR) is 141 cm³/mol. The van der Waals surface area contributed by atoms with Crippen molar-refractivity contribution in [2.45, 2.75) is 12.5 Å². The number of hydrogen-bond donors (Lipinski definition) is 0. The van der Waals surface area contributed by atoms with Crippen LogP contribution in [0.2, 0.25) is 5.02 Å². The summed E-state index contributed by atoms with van der Waals surface area (Å²) >= 11 is 6.15. The number of halogens is 1. The lowest BCUT2D eigenvalue weighted by molar-refractivity contribution is 0.709. The van der Waals surface area contributed by atoms with Gasteiger partial charge in [0.15, 0.2) is 0 Å². The van der Waals surface area contributed by atoms with Crippen LogP contribution in [0.15, 0.2) is 121 Å². The fraction of sp³-hybridized carbons (Fsp3) is 0.0690. The van der Waals surface area contributed by atoms with E-state index >= 15 is 0 Å². The zero-order valence-corrected chi connectivity index (χ0v) is 19.6. The first kappa shape index (κ1) is 21.3. The normalized spacial score (nSPS) is 15.3. The maximum Gasteiger partial charge on any atom is 0.0996 e. The average molecular weight is 476 g/mol. The van der Waals surface area contributed by atoms with Crippen LogP contribution in [0.4, 0.5) is 5.69 Å². The second-order valence-electron chi connectivity index (χ2n) is 8.41. The van der Waals surface area contributed by atoms with E-state index in [1.54, 1.807) is 6.20 Å². The lowest BCUT2D eigenvalue weighted by Crippen LogP contribution is -2.18. The van der Waals surface area contributed by atoms with Crippen LogP contribution in [0.3, 0.4) is 0 Å². The molecule has 0 bridgehead atoms. The van der Waals surface area contributed by atoms with E-state index in [9.17, 15) is 0 Å². The average Bonchev–Trinajstić information content (AvgIpc) is 3.56. The van der Waals surface area contributed by atoms with Crippen LogP contribution in [0.5, 0.6) is 0 Å². The molecule has 2 aromatic heterocycles. The summed E-state index contributed by atoms with van der Waals surface area (Å²) in [6.07, 6.45) is 6.51. The minimum atomic E-state index is -0.0317. The molecule has 1 aliphatic rings. The molecule has 0 saturated heterocycles. The van der Waals surface area contributed by atoms with E-state index < -0.39 is 0 Å². The van der Waals surface area contributed by atoms with Gasteiger partial charge in [-0.2, -0.15) is 10.2 Å². The molecule has 170 valence electrons. The largest absolute Gasteiger partial charge is 0.264 e. The van der Waals surface area contributed by atoms with E-state index in [0.29, 0.717) is 5.02 Å². The fourth-order valence-electron chi connectivity index (χ4n) is 4.46. The quantitative estimate of drug-likeness (QED) is 0.276. The van der Waals surface area contributed by atoms with Gasteiger partial charge in [-0.1, -0.05) is 60.1 Å². The molecule has 0 amide bonds. The summed E-state index contributed by atoms with van der Waals surface area (Å²) < 4.78 is 1.95. The van der Waals surface area contributed by atoms with Crippen molar-refractivity contribution in [1.29, 1.82) is 0 Å². The monoisotopic (exact) mass is 475 g/mol. The number of aromatic nitrogens is 3. The van der Waals surface area contributed by atoms with E-state index in [4.69, 9.17) is 21.8 Å². The van der Waals surface area contributed by atoms with Crippen LogP contribution in [0.25, 0.3) is 16.9 Å². The van der Waals surface area contributed by atoms with Crippen molar-refractivity contribution in [3.8, 4) is 16.9 Å². The van der Waals surface area contributed by atoms with E-state index in [1.165, 1.54) is 0 Å². The fourth-order valence-corrected chi connectivity index (χ4v) is 4.59. The molecular formula is C29H22ClN5. The van der Waals surface area contributed by atoms with E-state index in [-0.39, 0.29) is 6.04 Å². The minimum Gasteiger partial charge on any atom is -0.264 e. The Hall–Kier alpha value is -4.22. The first-order chi connectivity index (χ1) is 17.3. The number of nitrogens with zero attached hydrogens (tertiary/aromatic N) is 5. The van der Waals surface area contributed by atoms with Crippen LogP contribution < -0.4 is 5.01 Å². The molecule has 0 spiro atoms. The molecule has 5 aromatic rings. The van der Waals surface area contributed by atoms with Crippen molar-refractivity contribution in [3.05, 3.63) is 132 Å². The summed E-state index contributed by atoms with van der Waals surface area (Å²) in [5, 5.41) is 12.9. The van der Waals surface area contributed by atoms with Gasteiger partial charge in [0.1, 0.15) is 0 Å². The van der Waals surface area contributed by atoms with Gasteiger partial charge in [-0.15, -0.1) is 0 Å². The summed E-state index contributed by atoms with van der Waals surface area (Å²) in [6.45, 7) is 0. The molecule has 0 unspecified atom stereocenters. The van der Waals surface area contributed by atoms with Gasteiger partial charge in [0, 0.05) is 41.2 Å². The van der Waals surface area contributed by atoms with Crippen molar-refractivity contribution in [2.75, 3.05) is 5.01 Å². The van der Waals surface area contributed by atoms with Gasteiger partial charge in [-0.3, -0.25) is 9.99 Å². The standard InChI is InChI=1S/C29H22ClN5/c30-23-15-13-21(14-16-23)27-18-28(35(32-27)25-11-5-2-6-12-25)26-20-34(24-9-3-1-4-10-24)33-29(26)22-8-7-17-31-19-22/h1-17,19-20,28H,18H2/t28-/m1/s1. The SMILES string of the molecule is Clc1ccc(C2=NN(c3ccccc3)[C@@H](c3cn(-c4ccccc4)nc3-c3cccnc3)C2)cc1. The van der Waals surface area contributed by atoms with Crippen LogP contribution in [-0.2, 0) is 0 Å². The number of hydrazone groups is 1. The Morgan fingerprint density at radius 1 is 0.743 bits per heavy atom. The lowest BCUT2D eigenvalue weighted by atomic mass is 9.96. The highest BCUT2D eigenvalue weighted by molar-refractivity contribution is 6.30. The number of rotatable bonds is 5. The van der Waals surface area contributed by atoms with Crippen LogP contribution in [0.1, 0.15) is 23.6 Å². The summed E-state index contributed by atoms with van der Waals surface area (Å²) in [4.78, 5) is 4.35. The number of pyridine rings is 1. The van der Waals surface area contributed by atoms with Crippen molar-refractivity contribution in [1.82, 2.24) is 14.8 Å². The highest BCUT2D eigenvalue weighted by Crippen LogP contribution is 2.40. The van der Waals surface area contributed by atoms with E-state index in [0.717, 1.165) is 45.9 Å². The second-order valence-corrected chi connectivity index (χ2v) is 8.84. The van der Waals surface area contributed by atoms with Gasteiger partial charge in [-0.25, -0.2) is 4.68 Å². The molecule has 0 saturated carbocycles. The number of anilines is 1. The molecule has 1 atom stereocenters. The first-order valence-corrected chi connectivity index (χ1v) is 11.9. The Bertz CT molecular complexity index is 1460. The molecule has 6 rings (SSSR count). The Kier molecular flexibility index (Phi) is 5.60. The smallest absolute Gasteiger partial charge is 0.0996 e. The first-order valence-electron chi connectivity index (χ1n) is 11.5. The number of para-hydroxylation sites is 2. The van der Waals surface area contributed by atoms with Gasteiger partial charge in [0.25, 0.3) is 0 Å². The Morgan fingerprint density at radius 3 is 2.14 bits per heavy atom. The van der Waals surface area contributed by atoms with Crippen LogP contribution >= 0.6 is 11.6 Å². The third-order valence-electron chi connectivity index (χ3n) is 6.17. The third kappa shape index (κ3) is 4.22. The lowest BCUT2D eigenvalue weighted by Gasteiger charge is -2.23. The maximum absolute atomic E-state index is 6.15. The molecular weight excluding hydrogens is 454 g/mol. The van der Waals surface area contributed by atoms with Gasteiger partial charge < -0.3 is 0 Å². The van der Waals surface area contributed by atoms with Crippen molar-refractivity contribution >= 4 is 23.0 Å². The summed E-state index contributed by atoms with van der Waals surface area (Å²) in [6, 6.07) is 32.3.